The SMILES string of the molecule is CC(O)c1ccc(CNC(=O)CC2COCCN2)cc1.Cl. The summed E-state index contributed by atoms with van der Waals surface area (Å²) >= 11 is 0. The summed E-state index contributed by atoms with van der Waals surface area (Å²) in [5, 5.41) is 15.6. The van der Waals surface area contributed by atoms with Gasteiger partial charge in [-0.15, -0.1) is 12.4 Å². The van der Waals surface area contributed by atoms with Crippen LogP contribution < -0.4 is 10.6 Å². The van der Waals surface area contributed by atoms with Crippen molar-refractivity contribution in [1.29, 1.82) is 0 Å². The largest absolute Gasteiger partial charge is 0.389 e. The molecule has 1 fully saturated rings. The Labute approximate surface area is 131 Å². The van der Waals surface area contributed by atoms with Crippen LogP contribution in [0.25, 0.3) is 0 Å². The lowest BCUT2D eigenvalue weighted by molar-refractivity contribution is -0.122. The van der Waals surface area contributed by atoms with Crippen molar-refractivity contribution in [2.24, 2.45) is 0 Å². The predicted octanol–water partition coefficient (Wildman–Crippen LogP) is 1.16. The highest BCUT2D eigenvalue weighted by Crippen LogP contribution is 2.12. The Morgan fingerprint density at radius 1 is 1.48 bits per heavy atom. The van der Waals surface area contributed by atoms with Crippen molar-refractivity contribution in [3.05, 3.63) is 35.4 Å². The van der Waals surface area contributed by atoms with Crippen LogP contribution in [0.1, 0.15) is 30.6 Å². The summed E-state index contributed by atoms with van der Waals surface area (Å²) in [6, 6.07) is 7.71. The minimum absolute atomic E-state index is 0. The molecular formula is C15H23ClN2O3. The lowest BCUT2D eigenvalue weighted by Gasteiger charge is -2.23. The number of carbonyl (C=O) groups is 1. The number of hydrogen-bond donors (Lipinski definition) is 3. The lowest BCUT2D eigenvalue weighted by atomic mass is 10.1. The molecule has 0 aromatic heterocycles. The van der Waals surface area contributed by atoms with Crippen LogP contribution in [-0.4, -0.2) is 36.8 Å². The number of hydrogen-bond acceptors (Lipinski definition) is 4. The zero-order valence-electron chi connectivity index (χ0n) is 12.2. The van der Waals surface area contributed by atoms with Gasteiger partial charge in [0.1, 0.15) is 0 Å². The lowest BCUT2D eigenvalue weighted by Crippen LogP contribution is -2.44. The van der Waals surface area contributed by atoms with Crippen molar-refractivity contribution in [2.45, 2.75) is 32.0 Å². The van der Waals surface area contributed by atoms with Crippen LogP contribution in [0.3, 0.4) is 0 Å². The maximum atomic E-state index is 11.8. The minimum atomic E-state index is -0.462. The molecule has 0 saturated carbocycles. The first kappa shape index (κ1) is 17.9. The van der Waals surface area contributed by atoms with Gasteiger partial charge in [-0.2, -0.15) is 0 Å². The van der Waals surface area contributed by atoms with E-state index < -0.39 is 6.10 Å². The standard InChI is InChI=1S/C15H22N2O3.ClH/c1-11(18)13-4-2-12(3-5-13)9-17-15(19)8-14-10-20-7-6-16-14;/h2-5,11,14,16,18H,6-10H2,1H3,(H,17,19);1H. The first-order valence-corrected chi connectivity index (χ1v) is 7.00. The van der Waals surface area contributed by atoms with E-state index in [4.69, 9.17) is 4.74 Å². The summed E-state index contributed by atoms with van der Waals surface area (Å²) in [6.45, 7) is 4.35. The summed E-state index contributed by atoms with van der Waals surface area (Å²) in [6.07, 6.45) is -0.0258. The Balaban J connectivity index is 0.00000220. The van der Waals surface area contributed by atoms with E-state index >= 15 is 0 Å². The monoisotopic (exact) mass is 314 g/mol. The number of morpholine rings is 1. The van der Waals surface area contributed by atoms with E-state index in [9.17, 15) is 9.90 Å². The molecule has 0 bridgehead atoms. The van der Waals surface area contributed by atoms with Crippen LogP contribution in [0, 0.1) is 0 Å². The van der Waals surface area contributed by atoms with E-state index in [0.717, 1.165) is 17.7 Å². The highest BCUT2D eigenvalue weighted by molar-refractivity contribution is 5.85. The number of aliphatic hydroxyl groups excluding tert-OH is 1. The van der Waals surface area contributed by atoms with Gasteiger partial charge in [0.15, 0.2) is 0 Å². The molecule has 1 aromatic carbocycles. The van der Waals surface area contributed by atoms with Gasteiger partial charge < -0.3 is 20.5 Å². The van der Waals surface area contributed by atoms with Crippen LogP contribution in [0.5, 0.6) is 0 Å². The van der Waals surface area contributed by atoms with E-state index in [2.05, 4.69) is 10.6 Å². The molecule has 118 valence electrons. The van der Waals surface area contributed by atoms with Gasteiger partial charge in [-0.05, 0) is 18.1 Å². The molecule has 21 heavy (non-hydrogen) atoms. The van der Waals surface area contributed by atoms with Gasteiger partial charge in [0, 0.05) is 25.6 Å². The minimum Gasteiger partial charge on any atom is -0.389 e. The number of amides is 1. The van der Waals surface area contributed by atoms with Gasteiger partial charge in [-0.1, -0.05) is 24.3 Å². The molecule has 5 nitrogen and oxygen atoms in total. The molecule has 0 radical (unpaired) electrons. The number of nitrogens with one attached hydrogen (secondary N) is 2. The summed E-state index contributed by atoms with van der Waals surface area (Å²) in [4.78, 5) is 11.8. The maximum Gasteiger partial charge on any atom is 0.221 e. The molecular weight excluding hydrogens is 292 g/mol. The molecule has 6 heteroatoms. The average Bonchev–Trinajstić information content (AvgIpc) is 2.46. The van der Waals surface area contributed by atoms with Crippen molar-refractivity contribution in [3.8, 4) is 0 Å². The topological polar surface area (TPSA) is 70.6 Å². The van der Waals surface area contributed by atoms with Crippen molar-refractivity contribution in [1.82, 2.24) is 10.6 Å². The van der Waals surface area contributed by atoms with Crippen molar-refractivity contribution in [2.75, 3.05) is 19.8 Å². The first-order chi connectivity index (χ1) is 9.65. The van der Waals surface area contributed by atoms with Crippen molar-refractivity contribution < 1.29 is 14.6 Å². The third kappa shape index (κ3) is 6.01. The van der Waals surface area contributed by atoms with Crippen molar-refractivity contribution in [3.63, 3.8) is 0 Å². The Morgan fingerprint density at radius 3 is 2.76 bits per heavy atom. The fourth-order valence-corrected chi connectivity index (χ4v) is 2.16. The van der Waals surface area contributed by atoms with E-state index in [-0.39, 0.29) is 24.4 Å². The van der Waals surface area contributed by atoms with Gasteiger partial charge in [0.05, 0.1) is 19.3 Å². The molecule has 1 amide bonds. The summed E-state index contributed by atoms with van der Waals surface area (Å²) in [7, 11) is 0. The second-order valence-electron chi connectivity index (χ2n) is 5.12. The zero-order valence-corrected chi connectivity index (χ0v) is 13.0. The molecule has 1 aliphatic rings. The van der Waals surface area contributed by atoms with E-state index in [0.29, 0.717) is 26.2 Å². The first-order valence-electron chi connectivity index (χ1n) is 7.00. The average molecular weight is 315 g/mol. The summed E-state index contributed by atoms with van der Waals surface area (Å²) in [5.74, 6) is 0.0209. The molecule has 1 saturated heterocycles. The third-order valence-electron chi connectivity index (χ3n) is 3.38. The molecule has 0 spiro atoms. The molecule has 2 atom stereocenters. The molecule has 1 aromatic rings. The highest BCUT2D eigenvalue weighted by atomic mass is 35.5. The van der Waals surface area contributed by atoms with Crippen LogP contribution in [0.4, 0.5) is 0 Å². The van der Waals surface area contributed by atoms with Gasteiger partial charge >= 0.3 is 0 Å². The summed E-state index contributed by atoms with van der Waals surface area (Å²) in [5.41, 5.74) is 1.90. The fraction of sp³-hybridized carbons (Fsp3) is 0.533. The van der Waals surface area contributed by atoms with E-state index in [1.54, 1.807) is 6.92 Å². The maximum absolute atomic E-state index is 11.8. The highest BCUT2D eigenvalue weighted by Gasteiger charge is 2.16. The molecule has 2 unspecified atom stereocenters. The second-order valence-corrected chi connectivity index (χ2v) is 5.12. The van der Waals surface area contributed by atoms with Gasteiger partial charge in [-0.25, -0.2) is 0 Å². The van der Waals surface area contributed by atoms with E-state index in [1.165, 1.54) is 0 Å². The third-order valence-corrected chi connectivity index (χ3v) is 3.38. The van der Waals surface area contributed by atoms with Crippen molar-refractivity contribution >= 4 is 18.3 Å². The Bertz CT molecular complexity index is 431. The smallest absolute Gasteiger partial charge is 0.221 e. The van der Waals surface area contributed by atoms with Gasteiger partial charge in [0.25, 0.3) is 0 Å². The molecule has 2 rings (SSSR count). The van der Waals surface area contributed by atoms with E-state index in [1.807, 2.05) is 24.3 Å². The summed E-state index contributed by atoms with van der Waals surface area (Å²) < 4.78 is 5.32. The predicted molar refractivity (Wildman–Crippen MR) is 83.4 cm³/mol. The Kier molecular flexibility index (Phi) is 7.67. The number of aliphatic hydroxyl groups is 1. The van der Waals surface area contributed by atoms with Crippen LogP contribution in [-0.2, 0) is 16.1 Å². The molecule has 1 aliphatic heterocycles. The number of rotatable bonds is 5. The number of ether oxygens (including phenoxy) is 1. The van der Waals surface area contributed by atoms with Gasteiger partial charge in [0.2, 0.25) is 5.91 Å². The fourth-order valence-electron chi connectivity index (χ4n) is 2.16. The Hall–Kier alpha value is -1.14. The number of benzene rings is 1. The quantitative estimate of drug-likeness (QED) is 0.762. The molecule has 1 heterocycles. The van der Waals surface area contributed by atoms with Gasteiger partial charge in [-0.3, -0.25) is 4.79 Å². The zero-order chi connectivity index (χ0) is 14.4. The second kappa shape index (κ2) is 9.00. The van der Waals surface area contributed by atoms with Crippen LogP contribution in [0.2, 0.25) is 0 Å². The molecule has 3 N–H and O–H groups in total. The normalized spacial score (nSPS) is 19.4. The Morgan fingerprint density at radius 2 is 2.19 bits per heavy atom. The molecule has 0 aliphatic carbocycles. The van der Waals surface area contributed by atoms with Crippen LogP contribution >= 0.6 is 12.4 Å². The number of carbonyl (C=O) groups excluding carboxylic acids is 1. The number of halogens is 1. The van der Waals surface area contributed by atoms with Crippen LogP contribution in [0.15, 0.2) is 24.3 Å².